The van der Waals surface area contributed by atoms with E-state index in [0.29, 0.717) is 6.29 Å². The van der Waals surface area contributed by atoms with Crippen molar-refractivity contribution >= 4 is 6.29 Å². The average Bonchev–Trinajstić information content (AvgIpc) is 2.30. The van der Waals surface area contributed by atoms with Crippen LogP contribution in [0.1, 0.15) is 66.7 Å². The molecular weight excluding hydrogens is 186 g/mol. The van der Waals surface area contributed by atoms with E-state index >= 15 is 0 Å². The van der Waals surface area contributed by atoms with Gasteiger partial charge in [-0.25, -0.2) is 0 Å². The van der Waals surface area contributed by atoms with E-state index in [0.717, 1.165) is 5.92 Å². The van der Waals surface area contributed by atoms with Crippen LogP contribution in [0.4, 0.5) is 0 Å². The molecule has 0 aliphatic heterocycles. The minimum absolute atomic E-state index is 0.0139. The first-order valence-corrected chi connectivity index (χ1v) is 6.07. The van der Waals surface area contributed by atoms with Gasteiger partial charge in [0.2, 0.25) is 0 Å². The number of hydrogen-bond donors (Lipinski definition) is 0. The van der Waals surface area contributed by atoms with Gasteiger partial charge in [-0.2, -0.15) is 5.26 Å². The van der Waals surface area contributed by atoms with Gasteiger partial charge < -0.3 is 4.79 Å². The summed E-state index contributed by atoms with van der Waals surface area (Å²) in [6.07, 6.45) is 6.09. The molecule has 2 heteroatoms. The third-order valence-corrected chi connectivity index (χ3v) is 2.03. The summed E-state index contributed by atoms with van der Waals surface area (Å²) < 4.78 is 0. The van der Waals surface area contributed by atoms with Crippen LogP contribution >= 0.6 is 0 Å². The zero-order valence-electron chi connectivity index (χ0n) is 11.0. The van der Waals surface area contributed by atoms with Crippen molar-refractivity contribution < 1.29 is 4.79 Å². The first kappa shape index (κ1) is 19.7. The number of hydrogen-bond acceptors (Lipinski definition) is 2. The Hall–Kier alpha value is -0.840. The van der Waals surface area contributed by atoms with Crippen molar-refractivity contribution in [1.29, 1.82) is 5.26 Å². The number of carbonyl (C=O) groups excluding carboxylic acids is 1. The number of carbonyl (C=O) groups is 1. The maximum Gasteiger partial charge on any atom is 0.134 e. The molecule has 0 N–H and O–H groups in total. The monoisotopic (exact) mass is 213 g/mol. The maximum atomic E-state index is 9.18. The highest BCUT2D eigenvalue weighted by Crippen LogP contribution is 2.13. The Morgan fingerprint density at radius 1 is 1.20 bits per heavy atom. The maximum absolute atomic E-state index is 9.18. The van der Waals surface area contributed by atoms with Crippen LogP contribution in [0, 0.1) is 17.2 Å². The quantitative estimate of drug-likeness (QED) is 0.637. The van der Waals surface area contributed by atoms with E-state index in [-0.39, 0.29) is 6.42 Å². The molecule has 0 aliphatic carbocycles. The molecule has 2 nitrogen and oxygen atoms in total. The van der Waals surface area contributed by atoms with E-state index in [2.05, 4.69) is 20.8 Å². The van der Waals surface area contributed by atoms with Crippen molar-refractivity contribution in [3.8, 4) is 6.07 Å². The fourth-order valence-corrected chi connectivity index (χ4v) is 1.14. The zero-order valence-corrected chi connectivity index (χ0v) is 11.0. The molecular formula is C13H27NO. The molecule has 0 unspecified atom stereocenters. The molecule has 0 aromatic rings. The summed E-state index contributed by atoms with van der Waals surface area (Å²) in [4.78, 5) is 9.18. The molecule has 0 aromatic carbocycles. The minimum Gasteiger partial charge on any atom is -0.302 e. The molecule has 0 rings (SSSR count). The summed E-state index contributed by atoms with van der Waals surface area (Å²) >= 11 is 0. The molecule has 0 saturated carbocycles. The lowest BCUT2D eigenvalue weighted by atomic mass is 9.98. The van der Waals surface area contributed by atoms with Crippen LogP contribution in [0.3, 0.4) is 0 Å². The molecule has 0 saturated heterocycles. The number of nitriles is 1. The summed E-state index contributed by atoms with van der Waals surface area (Å²) in [6.45, 7) is 10.8. The first-order valence-electron chi connectivity index (χ1n) is 6.07. The smallest absolute Gasteiger partial charge is 0.134 e. The number of nitrogens with zero attached hydrogens (tertiary/aromatic N) is 1. The molecule has 0 radical (unpaired) electrons. The van der Waals surface area contributed by atoms with E-state index in [1.54, 1.807) is 6.07 Å². The molecule has 0 bridgehead atoms. The van der Waals surface area contributed by atoms with Gasteiger partial charge in [0, 0.05) is 0 Å². The number of aldehydes is 1. The van der Waals surface area contributed by atoms with Gasteiger partial charge in [0.25, 0.3) is 0 Å². The van der Waals surface area contributed by atoms with Crippen molar-refractivity contribution in [2.45, 2.75) is 66.7 Å². The van der Waals surface area contributed by atoms with Crippen LogP contribution in [-0.2, 0) is 4.79 Å². The molecule has 0 aromatic heterocycles. The Morgan fingerprint density at radius 3 is 1.73 bits per heavy atom. The van der Waals surface area contributed by atoms with E-state index in [4.69, 9.17) is 5.26 Å². The van der Waals surface area contributed by atoms with E-state index in [1.807, 2.05) is 13.8 Å². The fraction of sp³-hybridized carbons (Fsp3) is 0.846. The van der Waals surface area contributed by atoms with Crippen molar-refractivity contribution in [2.24, 2.45) is 5.92 Å². The molecule has 90 valence electrons. The standard InChI is InChI=1S/C8H18.C3H3NO.C2H6/c1-4-7-8(5-2)6-3;4-2-1-3-5;1-2/h8H,4-7H2,1-3H3;3H,1H2;1-2H3. The van der Waals surface area contributed by atoms with E-state index in [1.165, 1.54) is 25.7 Å². The average molecular weight is 213 g/mol. The van der Waals surface area contributed by atoms with Crippen LogP contribution in [0.2, 0.25) is 0 Å². The predicted octanol–water partition coefficient (Wildman–Crippen LogP) is 4.35. The Morgan fingerprint density at radius 2 is 1.67 bits per heavy atom. The van der Waals surface area contributed by atoms with Gasteiger partial charge >= 0.3 is 0 Å². The second-order valence-electron chi connectivity index (χ2n) is 3.00. The van der Waals surface area contributed by atoms with Gasteiger partial charge in [0.05, 0.1) is 12.5 Å². The summed E-state index contributed by atoms with van der Waals surface area (Å²) in [6, 6.07) is 1.65. The zero-order chi connectivity index (χ0) is 12.5. The fourth-order valence-electron chi connectivity index (χ4n) is 1.14. The van der Waals surface area contributed by atoms with E-state index in [9.17, 15) is 4.79 Å². The first-order chi connectivity index (χ1) is 7.26. The lowest BCUT2D eigenvalue weighted by Crippen LogP contribution is -1.94. The van der Waals surface area contributed by atoms with Crippen molar-refractivity contribution in [2.75, 3.05) is 0 Å². The van der Waals surface area contributed by atoms with Crippen LogP contribution < -0.4 is 0 Å². The van der Waals surface area contributed by atoms with Crippen molar-refractivity contribution in [3.05, 3.63) is 0 Å². The Bertz CT molecular complexity index is 134. The lowest BCUT2D eigenvalue weighted by molar-refractivity contribution is -0.107. The van der Waals surface area contributed by atoms with Gasteiger partial charge in [0.1, 0.15) is 6.29 Å². The molecule has 0 fully saturated rings. The highest BCUT2D eigenvalue weighted by Gasteiger charge is 1.98. The summed E-state index contributed by atoms with van der Waals surface area (Å²) in [5.74, 6) is 1.000. The van der Waals surface area contributed by atoms with Crippen molar-refractivity contribution in [3.63, 3.8) is 0 Å². The number of rotatable bonds is 5. The highest BCUT2D eigenvalue weighted by atomic mass is 16.1. The minimum atomic E-state index is 0.0139. The van der Waals surface area contributed by atoms with Crippen LogP contribution in [0.15, 0.2) is 0 Å². The molecule has 0 heterocycles. The van der Waals surface area contributed by atoms with Crippen LogP contribution in [0.25, 0.3) is 0 Å². The Kier molecular flexibility index (Phi) is 30.4. The van der Waals surface area contributed by atoms with Gasteiger partial charge in [-0.05, 0) is 5.92 Å². The third-order valence-electron chi connectivity index (χ3n) is 2.03. The molecule has 15 heavy (non-hydrogen) atoms. The normalized spacial score (nSPS) is 7.80. The summed E-state index contributed by atoms with van der Waals surface area (Å²) in [5.41, 5.74) is 0. The molecule has 0 spiro atoms. The van der Waals surface area contributed by atoms with Gasteiger partial charge in [0.15, 0.2) is 0 Å². The molecule has 0 atom stereocenters. The predicted molar refractivity (Wildman–Crippen MR) is 66.6 cm³/mol. The second kappa shape index (κ2) is 23.2. The topological polar surface area (TPSA) is 40.9 Å². The van der Waals surface area contributed by atoms with Gasteiger partial charge in [-0.3, -0.25) is 0 Å². The lowest BCUT2D eigenvalue weighted by Gasteiger charge is -2.08. The largest absolute Gasteiger partial charge is 0.302 e. The third kappa shape index (κ3) is 24.6. The van der Waals surface area contributed by atoms with Crippen LogP contribution in [-0.4, -0.2) is 6.29 Å². The molecule has 0 aliphatic rings. The van der Waals surface area contributed by atoms with E-state index < -0.39 is 0 Å². The van der Waals surface area contributed by atoms with Gasteiger partial charge in [-0.1, -0.05) is 60.3 Å². The summed E-state index contributed by atoms with van der Waals surface area (Å²) in [5, 5.41) is 7.58. The van der Waals surface area contributed by atoms with Crippen LogP contribution in [0.5, 0.6) is 0 Å². The second-order valence-corrected chi connectivity index (χ2v) is 3.00. The Balaban J connectivity index is -0.000000177. The highest BCUT2D eigenvalue weighted by molar-refractivity contribution is 5.52. The van der Waals surface area contributed by atoms with Gasteiger partial charge in [-0.15, -0.1) is 0 Å². The van der Waals surface area contributed by atoms with Crippen molar-refractivity contribution in [1.82, 2.24) is 0 Å². The molecule has 0 amide bonds. The summed E-state index contributed by atoms with van der Waals surface area (Å²) in [7, 11) is 0. The SMILES string of the molecule is CC.CCCC(CC)CC.N#CCC=O. The Labute approximate surface area is 95.7 Å².